The number of hydrogen-bond acceptors (Lipinski definition) is 7. The number of hydrogen-bond donors (Lipinski definition) is 1. The summed E-state index contributed by atoms with van der Waals surface area (Å²) in [5, 5.41) is 11.5. The van der Waals surface area contributed by atoms with E-state index in [2.05, 4.69) is 4.98 Å². The van der Waals surface area contributed by atoms with E-state index in [1.165, 1.54) is 40.5 Å². The Bertz CT molecular complexity index is 1480. The highest BCUT2D eigenvalue weighted by Gasteiger charge is 2.48. The van der Waals surface area contributed by atoms with Gasteiger partial charge < -0.3 is 14.3 Å². The Hall–Kier alpha value is -3.98. The molecule has 0 bridgehead atoms. The van der Waals surface area contributed by atoms with Crippen molar-refractivity contribution in [3.63, 3.8) is 0 Å². The zero-order valence-corrected chi connectivity index (χ0v) is 19.3. The molecule has 0 radical (unpaired) electrons. The fourth-order valence-electron chi connectivity index (χ4n) is 4.12. The average molecular weight is 479 g/mol. The van der Waals surface area contributed by atoms with Gasteiger partial charge in [-0.05, 0) is 55.8 Å². The lowest BCUT2D eigenvalue weighted by Crippen LogP contribution is -2.29. The lowest BCUT2D eigenvalue weighted by Gasteiger charge is -2.22. The summed E-state index contributed by atoms with van der Waals surface area (Å²) in [5.74, 6) is -0.924. The molecule has 1 amide bonds. The summed E-state index contributed by atoms with van der Waals surface area (Å²) in [4.78, 5) is 32.3. The topological polar surface area (TPSA) is 92.9 Å². The van der Waals surface area contributed by atoms with E-state index in [9.17, 15) is 19.1 Å². The van der Waals surface area contributed by atoms with E-state index in [0.29, 0.717) is 33.9 Å². The van der Waals surface area contributed by atoms with Crippen molar-refractivity contribution in [3.05, 3.63) is 82.6 Å². The van der Waals surface area contributed by atoms with Crippen LogP contribution in [0.2, 0.25) is 0 Å². The number of aliphatic hydroxyl groups is 1. The number of benzene rings is 2. The van der Waals surface area contributed by atoms with Crippen LogP contribution in [-0.2, 0) is 9.59 Å². The highest BCUT2D eigenvalue weighted by atomic mass is 32.1. The van der Waals surface area contributed by atoms with Crippen molar-refractivity contribution in [2.24, 2.45) is 0 Å². The molecule has 7 nitrogen and oxygen atoms in total. The summed E-state index contributed by atoms with van der Waals surface area (Å²) in [6, 6.07) is 11.3. The largest absolute Gasteiger partial charge is 0.507 e. The van der Waals surface area contributed by atoms with E-state index < -0.39 is 23.5 Å². The maximum atomic E-state index is 13.7. The molecule has 1 fully saturated rings. The zero-order valence-electron chi connectivity index (χ0n) is 18.5. The number of thiazole rings is 1. The molecule has 1 saturated heterocycles. The first-order valence-electron chi connectivity index (χ1n) is 10.4. The van der Waals surface area contributed by atoms with Crippen molar-refractivity contribution in [2.45, 2.75) is 19.9 Å². The molecular formula is C25H19FN2O5S. The van der Waals surface area contributed by atoms with Crippen molar-refractivity contribution in [3.8, 4) is 5.75 Å². The number of carbonyl (C=O) groups excluding carboxylic acids is 2. The Kier molecular flexibility index (Phi) is 5.21. The molecular weight excluding hydrogens is 459 g/mol. The molecule has 172 valence electrons. The van der Waals surface area contributed by atoms with Gasteiger partial charge in [0.05, 0.1) is 34.5 Å². The van der Waals surface area contributed by atoms with Crippen LogP contribution in [0, 0.1) is 19.7 Å². The number of rotatable bonds is 4. The second-order valence-electron chi connectivity index (χ2n) is 7.88. The number of ether oxygens (including phenoxy) is 1. The van der Waals surface area contributed by atoms with Crippen molar-refractivity contribution < 1.29 is 28.2 Å². The number of methoxy groups -OCH3 is 1. The maximum Gasteiger partial charge on any atom is 0.301 e. The van der Waals surface area contributed by atoms with E-state index in [-0.39, 0.29) is 16.5 Å². The van der Waals surface area contributed by atoms with Crippen LogP contribution < -0.4 is 9.64 Å². The summed E-state index contributed by atoms with van der Waals surface area (Å²) < 4.78 is 25.2. The monoisotopic (exact) mass is 478 g/mol. The summed E-state index contributed by atoms with van der Waals surface area (Å²) in [6.45, 7) is 3.38. The van der Waals surface area contributed by atoms with Gasteiger partial charge in [-0.1, -0.05) is 23.5 Å². The van der Waals surface area contributed by atoms with Crippen LogP contribution in [0.25, 0.3) is 16.0 Å². The predicted octanol–water partition coefficient (Wildman–Crippen LogP) is 5.28. The second-order valence-corrected chi connectivity index (χ2v) is 8.89. The van der Waals surface area contributed by atoms with Gasteiger partial charge in [-0.3, -0.25) is 14.5 Å². The van der Waals surface area contributed by atoms with Gasteiger partial charge in [-0.2, -0.15) is 0 Å². The first-order chi connectivity index (χ1) is 16.3. The van der Waals surface area contributed by atoms with Gasteiger partial charge in [0.15, 0.2) is 5.13 Å². The zero-order chi connectivity index (χ0) is 24.1. The molecule has 2 aromatic carbocycles. The van der Waals surface area contributed by atoms with Gasteiger partial charge in [-0.15, -0.1) is 0 Å². The van der Waals surface area contributed by atoms with Crippen molar-refractivity contribution in [1.82, 2.24) is 4.98 Å². The van der Waals surface area contributed by atoms with E-state index in [4.69, 9.17) is 9.15 Å². The number of aromatic nitrogens is 1. The normalized spacial score (nSPS) is 17.6. The number of aliphatic hydroxyl groups excluding tert-OH is 1. The minimum atomic E-state index is -1.00. The Morgan fingerprint density at radius 1 is 1.15 bits per heavy atom. The molecule has 0 spiro atoms. The summed E-state index contributed by atoms with van der Waals surface area (Å²) in [6.07, 6.45) is 0. The van der Waals surface area contributed by atoms with Gasteiger partial charge in [-0.25, -0.2) is 9.37 Å². The number of amides is 1. The summed E-state index contributed by atoms with van der Waals surface area (Å²) >= 11 is 1.21. The lowest BCUT2D eigenvalue weighted by atomic mass is 9.95. The van der Waals surface area contributed by atoms with E-state index in [1.54, 1.807) is 45.2 Å². The van der Waals surface area contributed by atoms with Crippen LogP contribution in [0.1, 0.15) is 28.7 Å². The quantitative estimate of drug-likeness (QED) is 0.244. The Balaban J connectivity index is 1.73. The molecule has 1 unspecified atom stereocenters. The molecule has 1 N–H and O–H groups in total. The molecule has 0 aliphatic carbocycles. The molecule has 1 aliphatic heterocycles. The number of fused-ring (bicyclic) bond motifs is 1. The first kappa shape index (κ1) is 21.8. The highest BCUT2D eigenvalue weighted by Crippen LogP contribution is 2.45. The Morgan fingerprint density at radius 2 is 1.88 bits per heavy atom. The number of furan rings is 1. The third-order valence-corrected chi connectivity index (χ3v) is 6.73. The van der Waals surface area contributed by atoms with Crippen LogP contribution in [0.3, 0.4) is 0 Å². The van der Waals surface area contributed by atoms with Crippen LogP contribution in [0.5, 0.6) is 5.75 Å². The minimum absolute atomic E-state index is 0.114. The smallest absolute Gasteiger partial charge is 0.301 e. The number of aryl methyl sites for hydroxylation is 2. The number of Topliss-reactive ketones (excluding diaryl/α,β-unsaturated/α-hetero) is 1. The standard InChI is InChI=1S/C25H19FN2O5S/c1-12-10-17(13(2)33-12)22(29)20-21(14-4-6-15(26)7-5-14)28(24(31)23(20)30)25-27-18-9-8-16(32-3)11-19(18)34-25/h4-11,21,29H,1-3H3/b22-20+. The number of carbonyl (C=O) groups is 2. The second kappa shape index (κ2) is 8.11. The van der Waals surface area contributed by atoms with Crippen LogP contribution >= 0.6 is 11.3 Å². The maximum absolute atomic E-state index is 13.7. The summed E-state index contributed by atoms with van der Waals surface area (Å²) in [7, 11) is 1.55. The molecule has 1 atom stereocenters. The van der Waals surface area contributed by atoms with E-state index in [1.807, 2.05) is 0 Å². The average Bonchev–Trinajstić information content (AvgIpc) is 3.46. The van der Waals surface area contributed by atoms with Gasteiger partial charge in [0.2, 0.25) is 0 Å². The van der Waals surface area contributed by atoms with Gasteiger partial charge >= 0.3 is 5.91 Å². The number of halogens is 1. The van der Waals surface area contributed by atoms with Crippen molar-refractivity contribution >= 4 is 44.1 Å². The van der Waals surface area contributed by atoms with E-state index >= 15 is 0 Å². The molecule has 0 saturated carbocycles. The third kappa shape index (κ3) is 3.45. The Labute approximate surface area is 197 Å². The van der Waals surface area contributed by atoms with Crippen molar-refractivity contribution in [1.29, 1.82) is 0 Å². The molecule has 5 rings (SSSR count). The first-order valence-corrected chi connectivity index (χ1v) is 11.2. The molecule has 1 aliphatic rings. The molecule has 9 heteroatoms. The van der Waals surface area contributed by atoms with Crippen LogP contribution in [0.15, 0.2) is 58.5 Å². The Morgan fingerprint density at radius 3 is 2.53 bits per heavy atom. The SMILES string of the molecule is COc1ccc2nc(N3C(=O)C(=O)/C(=C(/O)c4cc(C)oc4C)C3c3ccc(F)cc3)sc2c1. The number of nitrogens with zero attached hydrogens (tertiary/aromatic N) is 2. The lowest BCUT2D eigenvalue weighted by molar-refractivity contribution is -0.132. The molecule has 4 aromatic rings. The van der Waals surface area contributed by atoms with Gasteiger partial charge in [0.25, 0.3) is 5.78 Å². The highest BCUT2D eigenvalue weighted by molar-refractivity contribution is 7.22. The van der Waals surface area contributed by atoms with E-state index in [0.717, 1.165) is 4.70 Å². The number of ketones is 1. The minimum Gasteiger partial charge on any atom is -0.507 e. The van der Waals surface area contributed by atoms with Gasteiger partial charge in [0, 0.05) is 0 Å². The fraction of sp³-hybridized carbons (Fsp3) is 0.160. The molecule has 2 aromatic heterocycles. The predicted molar refractivity (Wildman–Crippen MR) is 126 cm³/mol. The van der Waals surface area contributed by atoms with Gasteiger partial charge in [0.1, 0.15) is 28.8 Å². The summed E-state index contributed by atoms with van der Waals surface area (Å²) in [5.41, 5.74) is 1.28. The number of anilines is 1. The van der Waals surface area contributed by atoms with Crippen LogP contribution in [-0.4, -0.2) is 28.9 Å². The van der Waals surface area contributed by atoms with Crippen LogP contribution in [0.4, 0.5) is 9.52 Å². The molecule has 3 heterocycles. The van der Waals surface area contributed by atoms with Crippen molar-refractivity contribution in [2.75, 3.05) is 12.0 Å². The molecule has 34 heavy (non-hydrogen) atoms. The third-order valence-electron chi connectivity index (χ3n) is 5.72. The fourth-order valence-corrected chi connectivity index (χ4v) is 5.14.